The first-order chi connectivity index (χ1) is 15.4. The summed E-state index contributed by atoms with van der Waals surface area (Å²) in [5, 5.41) is 0. The van der Waals surface area contributed by atoms with Crippen LogP contribution < -0.4 is 16.0 Å². The van der Waals surface area contributed by atoms with E-state index in [4.69, 9.17) is 4.74 Å². The molecule has 0 unspecified atom stereocenters. The molecule has 2 fully saturated rings. The van der Waals surface area contributed by atoms with Gasteiger partial charge in [-0.3, -0.25) is 18.8 Å². The summed E-state index contributed by atoms with van der Waals surface area (Å²) in [4.78, 5) is 46.4. The zero-order valence-corrected chi connectivity index (χ0v) is 17.3. The maximum atomic E-state index is 13.0. The number of hydrogen-bond acceptors (Lipinski definition) is 5. The number of nitrogens with zero attached hydrogens (tertiary/aromatic N) is 4. The topological polar surface area (TPSA) is 102 Å². The molecule has 0 spiro atoms. The van der Waals surface area contributed by atoms with Gasteiger partial charge >= 0.3 is 11.8 Å². The minimum absolute atomic E-state index is 0.0389. The number of carbonyl (C=O) groups is 1. The summed E-state index contributed by atoms with van der Waals surface area (Å²) in [5.74, 6) is 5.67. The fourth-order valence-corrected chi connectivity index (χ4v) is 3.47. The SMILES string of the molecule is CN(CC#Cc1nc2c([nH]1)c(=O)n(C1CC1)c(=O)n2C1CC1)C(=O)Oc1ccc(F)cc1. The zero-order chi connectivity index (χ0) is 22.4. The number of benzene rings is 1. The zero-order valence-electron chi connectivity index (χ0n) is 17.3. The third-order valence-electron chi connectivity index (χ3n) is 5.44. The van der Waals surface area contributed by atoms with Gasteiger partial charge in [0.15, 0.2) is 17.0 Å². The number of rotatable bonds is 4. The number of halogens is 1. The third-order valence-corrected chi connectivity index (χ3v) is 5.44. The second kappa shape index (κ2) is 7.67. The van der Waals surface area contributed by atoms with E-state index < -0.39 is 11.9 Å². The van der Waals surface area contributed by atoms with Crippen molar-refractivity contribution in [3.63, 3.8) is 0 Å². The summed E-state index contributed by atoms with van der Waals surface area (Å²) in [7, 11) is 1.51. The summed E-state index contributed by atoms with van der Waals surface area (Å²) in [6.45, 7) is 0.0405. The molecule has 2 heterocycles. The molecule has 0 atom stereocenters. The Morgan fingerprint density at radius 1 is 1.19 bits per heavy atom. The third kappa shape index (κ3) is 3.77. The van der Waals surface area contributed by atoms with Gasteiger partial charge < -0.3 is 9.72 Å². The average molecular weight is 437 g/mol. The average Bonchev–Trinajstić information content (AvgIpc) is 3.69. The highest BCUT2D eigenvalue weighted by Gasteiger charge is 2.34. The van der Waals surface area contributed by atoms with Gasteiger partial charge in [0.1, 0.15) is 11.6 Å². The number of H-pyrrole nitrogens is 1. The molecule has 2 saturated carbocycles. The second-order valence-electron chi connectivity index (χ2n) is 8.05. The quantitative estimate of drug-likeness (QED) is 0.631. The Morgan fingerprint density at radius 2 is 1.84 bits per heavy atom. The first-order valence-electron chi connectivity index (χ1n) is 10.4. The van der Waals surface area contributed by atoms with Crippen LogP contribution in [0.1, 0.15) is 43.6 Å². The largest absolute Gasteiger partial charge is 0.415 e. The van der Waals surface area contributed by atoms with Crippen molar-refractivity contribution in [2.75, 3.05) is 13.6 Å². The highest BCUT2D eigenvalue weighted by atomic mass is 19.1. The molecule has 32 heavy (non-hydrogen) atoms. The fourth-order valence-electron chi connectivity index (χ4n) is 3.47. The lowest BCUT2D eigenvalue weighted by Crippen LogP contribution is -2.39. The van der Waals surface area contributed by atoms with E-state index >= 15 is 0 Å². The summed E-state index contributed by atoms with van der Waals surface area (Å²) >= 11 is 0. The van der Waals surface area contributed by atoms with Crippen LogP contribution in [0, 0.1) is 17.7 Å². The van der Waals surface area contributed by atoms with Gasteiger partial charge in [-0.05, 0) is 55.9 Å². The summed E-state index contributed by atoms with van der Waals surface area (Å²) in [6.07, 6.45) is 2.77. The van der Waals surface area contributed by atoms with Crippen molar-refractivity contribution in [3.8, 4) is 17.6 Å². The van der Waals surface area contributed by atoms with E-state index in [1.54, 1.807) is 4.57 Å². The van der Waals surface area contributed by atoms with Gasteiger partial charge in [0.25, 0.3) is 5.56 Å². The normalized spacial score (nSPS) is 15.3. The number of carbonyl (C=O) groups excluding carboxylic acids is 1. The number of aromatic nitrogens is 4. The minimum Gasteiger partial charge on any atom is -0.410 e. The predicted octanol–water partition coefficient (Wildman–Crippen LogP) is 2.18. The number of aromatic amines is 1. The lowest BCUT2D eigenvalue weighted by Gasteiger charge is -2.13. The Labute approximate surface area is 181 Å². The monoisotopic (exact) mass is 437 g/mol. The Balaban J connectivity index is 1.36. The van der Waals surface area contributed by atoms with Gasteiger partial charge in [0.05, 0.1) is 6.54 Å². The Hall–Kier alpha value is -3.87. The molecule has 0 aliphatic heterocycles. The predicted molar refractivity (Wildman–Crippen MR) is 113 cm³/mol. The highest BCUT2D eigenvalue weighted by molar-refractivity contribution is 5.72. The van der Waals surface area contributed by atoms with Crippen LogP contribution in [-0.2, 0) is 0 Å². The highest BCUT2D eigenvalue weighted by Crippen LogP contribution is 2.36. The smallest absolute Gasteiger partial charge is 0.410 e. The molecule has 5 rings (SSSR count). The molecule has 1 N–H and O–H groups in total. The lowest BCUT2D eigenvalue weighted by molar-refractivity contribution is 0.168. The van der Waals surface area contributed by atoms with Gasteiger partial charge in [-0.2, -0.15) is 0 Å². The summed E-state index contributed by atoms with van der Waals surface area (Å²) in [6, 6.07) is 5.13. The van der Waals surface area contributed by atoms with Crippen LogP contribution in [0.2, 0.25) is 0 Å². The molecular weight excluding hydrogens is 417 g/mol. The van der Waals surface area contributed by atoms with Gasteiger partial charge in [-0.15, -0.1) is 0 Å². The first kappa shape index (κ1) is 20.1. The van der Waals surface area contributed by atoms with E-state index in [0.29, 0.717) is 5.65 Å². The molecule has 1 amide bonds. The molecule has 2 aliphatic rings. The number of imidazole rings is 1. The maximum Gasteiger partial charge on any atom is 0.415 e. The van der Waals surface area contributed by atoms with Crippen molar-refractivity contribution in [1.29, 1.82) is 0 Å². The molecule has 9 nitrogen and oxygen atoms in total. The molecule has 1 aromatic carbocycles. The van der Waals surface area contributed by atoms with Crippen LogP contribution >= 0.6 is 0 Å². The van der Waals surface area contributed by atoms with Gasteiger partial charge in [0, 0.05) is 19.1 Å². The van der Waals surface area contributed by atoms with Crippen molar-refractivity contribution in [2.45, 2.75) is 37.8 Å². The molecule has 2 aliphatic carbocycles. The van der Waals surface area contributed by atoms with Crippen molar-refractivity contribution in [2.24, 2.45) is 0 Å². The number of nitrogens with one attached hydrogen (secondary N) is 1. The molecule has 0 bridgehead atoms. The Kier molecular flexibility index (Phi) is 4.81. The van der Waals surface area contributed by atoms with Gasteiger partial charge in [-0.25, -0.2) is 19.0 Å². The number of amides is 1. The molecule has 10 heteroatoms. The van der Waals surface area contributed by atoms with E-state index in [-0.39, 0.29) is 47.0 Å². The summed E-state index contributed by atoms with van der Waals surface area (Å²) in [5.41, 5.74) is -0.0729. The van der Waals surface area contributed by atoms with Crippen LogP contribution in [-0.4, -0.2) is 43.7 Å². The number of fused-ring (bicyclic) bond motifs is 1. The second-order valence-corrected chi connectivity index (χ2v) is 8.05. The van der Waals surface area contributed by atoms with Crippen molar-refractivity contribution < 1.29 is 13.9 Å². The van der Waals surface area contributed by atoms with E-state index in [1.165, 1.54) is 40.8 Å². The fraction of sp³-hybridized carbons (Fsp3) is 0.364. The van der Waals surface area contributed by atoms with E-state index in [0.717, 1.165) is 25.7 Å². The Bertz CT molecular complexity index is 1380. The Morgan fingerprint density at radius 3 is 2.50 bits per heavy atom. The summed E-state index contributed by atoms with van der Waals surface area (Å²) < 4.78 is 21.0. The first-order valence-corrected chi connectivity index (χ1v) is 10.4. The van der Waals surface area contributed by atoms with Crippen molar-refractivity contribution in [1.82, 2.24) is 24.0 Å². The van der Waals surface area contributed by atoms with Crippen LogP contribution in [0.4, 0.5) is 9.18 Å². The van der Waals surface area contributed by atoms with E-state index in [1.807, 2.05) is 0 Å². The molecule has 3 aromatic rings. The molecule has 164 valence electrons. The lowest BCUT2D eigenvalue weighted by atomic mass is 10.3. The van der Waals surface area contributed by atoms with Gasteiger partial charge in [-0.1, -0.05) is 5.92 Å². The minimum atomic E-state index is -0.648. The van der Waals surface area contributed by atoms with Crippen LogP contribution in [0.5, 0.6) is 5.75 Å². The molecule has 0 radical (unpaired) electrons. The maximum absolute atomic E-state index is 13.0. The molecular formula is C22H20FN5O4. The van der Waals surface area contributed by atoms with Crippen LogP contribution in [0.25, 0.3) is 11.2 Å². The van der Waals surface area contributed by atoms with E-state index in [2.05, 4.69) is 21.8 Å². The van der Waals surface area contributed by atoms with E-state index in [9.17, 15) is 18.8 Å². The van der Waals surface area contributed by atoms with Crippen LogP contribution in [0.15, 0.2) is 33.9 Å². The molecule has 0 saturated heterocycles. The number of hydrogen-bond donors (Lipinski definition) is 1. The van der Waals surface area contributed by atoms with Crippen molar-refractivity contribution >= 4 is 17.3 Å². The molecule has 2 aromatic heterocycles. The number of ether oxygens (including phenoxy) is 1. The van der Waals surface area contributed by atoms with Crippen molar-refractivity contribution in [3.05, 3.63) is 56.7 Å². The van der Waals surface area contributed by atoms with Crippen LogP contribution in [0.3, 0.4) is 0 Å². The standard InChI is InChI=1S/C22H20FN5O4/c1-26(22(31)32-16-10-4-13(23)5-11-16)12-2-3-17-24-18-19(25-17)27(14-6-7-14)21(30)28(20(18)29)15-8-9-15/h4-5,10-11,14-15H,6-9,12H2,1H3,(H,24,25). The van der Waals surface area contributed by atoms with Gasteiger partial charge in [0.2, 0.25) is 0 Å².